The van der Waals surface area contributed by atoms with Crippen molar-refractivity contribution >= 4 is 17.7 Å². The smallest absolute Gasteiger partial charge is 0.407 e. The normalized spacial score (nSPS) is 22.3. The van der Waals surface area contributed by atoms with Crippen LogP contribution in [0.5, 0.6) is 0 Å². The van der Waals surface area contributed by atoms with Crippen molar-refractivity contribution < 1.29 is 9.90 Å². The molecule has 5 nitrogen and oxygen atoms in total. The van der Waals surface area contributed by atoms with Crippen LogP contribution in [0.3, 0.4) is 0 Å². The van der Waals surface area contributed by atoms with Gasteiger partial charge in [0.2, 0.25) is 0 Å². The molecule has 116 valence electrons. The highest BCUT2D eigenvalue weighted by molar-refractivity contribution is 6.30. The van der Waals surface area contributed by atoms with E-state index in [1.165, 1.54) is 4.90 Å². The first kappa shape index (κ1) is 16.0. The first-order chi connectivity index (χ1) is 9.79. The standard InChI is InChI=1S/C15H22ClN3O2/c1-15(2)8-10(9-19(15)14(20)21)3-4-12(17)13-7-11(16)5-6-18-13/h5-7,10,12H,3-4,8-9,17H2,1-2H3,(H,20,21)/t10-,12?/m0/s1. The van der Waals surface area contributed by atoms with Gasteiger partial charge >= 0.3 is 6.09 Å². The lowest BCUT2D eigenvalue weighted by atomic mass is 9.91. The number of nitrogens with two attached hydrogens (primary N) is 1. The number of nitrogens with zero attached hydrogens (tertiary/aromatic N) is 2. The molecular formula is C15H22ClN3O2. The number of carbonyl (C=O) groups is 1. The number of amides is 1. The number of hydrogen-bond acceptors (Lipinski definition) is 3. The molecule has 2 rings (SSSR count). The number of rotatable bonds is 4. The van der Waals surface area contributed by atoms with Gasteiger partial charge in [0, 0.05) is 29.3 Å². The van der Waals surface area contributed by atoms with Crippen LogP contribution < -0.4 is 5.73 Å². The van der Waals surface area contributed by atoms with Gasteiger partial charge in [-0.1, -0.05) is 11.6 Å². The van der Waals surface area contributed by atoms with Gasteiger partial charge < -0.3 is 15.7 Å². The van der Waals surface area contributed by atoms with Crippen LogP contribution in [0, 0.1) is 5.92 Å². The van der Waals surface area contributed by atoms with Crippen molar-refractivity contribution in [3.05, 3.63) is 29.0 Å². The Balaban J connectivity index is 1.91. The Hall–Kier alpha value is -1.33. The van der Waals surface area contributed by atoms with E-state index >= 15 is 0 Å². The largest absolute Gasteiger partial charge is 0.465 e. The van der Waals surface area contributed by atoms with E-state index in [1.54, 1.807) is 18.3 Å². The van der Waals surface area contributed by atoms with Gasteiger partial charge in [0.15, 0.2) is 0 Å². The van der Waals surface area contributed by atoms with Crippen molar-refractivity contribution in [2.75, 3.05) is 6.54 Å². The predicted molar refractivity (Wildman–Crippen MR) is 82.3 cm³/mol. The van der Waals surface area contributed by atoms with Crippen molar-refractivity contribution in [1.82, 2.24) is 9.88 Å². The maximum absolute atomic E-state index is 11.2. The van der Waals surface area contributed by atoms with Crippen LogP contribution in [0.2, 0.25) is 5.02 Å². The van der Waals surface area contributed by atoms with Crippen molar-refractivity contribution in [3.8, 4) is 0 Å². The Bertz CT molecular complexity index is 521. The summed E-state index contributed by atoms with van der Waals surface area (Å²) in [7, 11) is 0. The average Bonchev–Trinajstić information content (AvgIpc) is 2.71. The van der Waals surface area contributed by atoms with Gasteiger partial charge in [-0.05, 0) is 51.2 Å². The number of pyridine rings is 1. The highest BCUT2D eigenvalue weighted by atomic mass is 35.5. The molecule has 21 heavy (non-hydrogen) atoms. The molecule has 1 saturated heterocycles. The molecular weight excluding hydrogens is 290 g/mol. The van der Waals surface area contributed by atoms with E-state index in [2.05, 4.69) is 4.98 Å². The van der Waals surface area contributed by atoms with Gasteiger partial charge in [-0.25, -0.2) is 4.79 Å². The number of likely N-dealkylation sites (tertiary alicyclic amines) is 1. The van der Waals surface area contributed by atoms with E-state index < -0.39 is 6.09 Å². The summed E-state index contributed by atoms with van der Waals surface area (Å²) in [5.74, 6) is 0.348. The van der Waals surface area contributed by atoms with Gasteiger partial charge in [0.1, 0.15) is 0 Å². The molecule has 1 aromatic rings. The summed E-state index contributed by atoms with van der Waals surface area (Å²) in [6, 6.07) is 3.35. The summed E-state index contributed by atoms with van der Waals surface area (Å²) in [6.07, 6.45) is 3.35. The Morgan fingerprint density at radius 1 is 1.67 bits per heavy atom. The van der Waals surface area contributed by atoms with Crippen LogP contribution >= 0.6 is 11.6 Å². The van der Waals surface area contributed by atoms with E-state index in [4.69, 9.17) is 17.3 Å². The second-order valence-electron chi connectivity index (χ2n) is 6.36. The summed E-state index contributed by atoms with van der Waals surface area (Å²) in [4.78, 5) is 17.0. The SMILES string of the molecule is CC1(C)C[C@H](CCC(N)c2cc(Cl)ccn2)CN1C(=O)O. The fourth-order valence-electron chi connectivity index (χ4n) is 3.10. The Morgan fingerprint density at radius 2 is 2.38 bits per heavy atom. The van der Waals surface area contributed by atoms with E-state index in [1.807, 2.05) is 13.8 Å². The average molecular weight is 312 g/mol. The minimum Gasteiger partial charge on any atom is -0.465 e. The van der Waals surface area contributed by atoms with E-state index in [9.17, 15) is 9.90 Å². The van der Waals surface area contributed by atoms with Crippen molar-refractivity contribution in [2.24, 2.45) is 11.7 Å². The summed E-state index contributed by atoms with van der Waals surface area (Å²) < 4.78 is 0. The molecule has 0 radical (unpaired) electrons. The molecule has 3 N–H and O–H groups in total. The monoisotopic (exact) mass is 311 g/mol. The molecule has 0 aromatic carbocycles. The summed E-state index contributed by atoms with van der Waals surface area (Å²) in [5, 5.41) is 9.86. The Kier molecular flexibility index (Phi) is 4.74. The van der Waals surface area contributed by atoms with Crippen LogP contribution in [0.1, 0.15) is 44.8 Å². The first-order valence-electron chi connectivity index (χ1n) is 7.17. The van der Waals surface area contributed by atoms with Crippen LogP contribution in [0.15, 0.2) is 18.3 Å². The topological polar surface area (TPSA) is 79.5 Å². The quantitative estimate of drug-likeness (QED) is 0.894. The highest BCUT2D eigenvalue weighted by Gasteiger charge is 2.40. The van der Waals surface area contributed by atoms with Crippen molar-refractivity contribution in [2.45, 2.75) is 44.7 Å². The molecule has 0 saturated carbocycles. The second-order valence-corrected chi connectivity index (χ2v) is 6.79. The second kappa shape index (κ2) is 6.20. The van der Waals surface area contributed by atoms with Gasteiger partial charge in [0.05, 0.1) is 5.69 Å². The zero-order valence-electron chi connectivity index (χ0n) is 12.4. The van der Waals surface area contributed by atoms with Crippen LogP contribution in [-0.4, -0.2) is 33.2 Å². The Morgan fingerprint density at radius 3 is 2.95 bits per heavy atom. The third-order valence-electron chi connectivity index (χ3n) is 4.20. The molecule has 1 amide bonds. The summed E-state index contributed by atoms with van der Waals surface area (Å²) >= 11 is 5.94. The van der Waals surface area contributed by atoms with Crippen molar-refractivity contribution in [3.63, 3.8) is 0 Å². The van der Waals surface area contributed by atoms with E-state index in [0.717, 1.165) is 25.0 Å². The molecule has 6 heteroatoms. The zero-order valence-corrected chi connectivity index (χ0v) is 13.2. The lowest BCUT2D eigenvalue weighted by Crippen LogP contribution is -2.41. The molecule has 2 heterocycles. The number of hydrogen-bond donors (Lipinski definition) is 2. The Labute approximate surface area is 130 Å². The molecule has 0 spiro atoms. The lowest BCUT2D eigenvalue weighted by Gasteiger charge is -2.28. The number of halogens is 1. The third kappa shape index (κ3) is 3.86. The lowest BCUT2D eigenvalue weighted by molar-refractivity contribution is 0.117. The minimum atomic E-state index is -0.844. The molecule has 1 unspecified atom stereocenters. The van der Waals surface area contributed by atoms with Gasteiger partial charge in [-0.3, -0.25) is 4.98 Å². The van der Waals surface area contributed by atoms with Crippen molar-refractivity contribution in [1.29, 1.82) is 0 Å². The minimum absolute atomic E-state index is 0.161. The first-order valence-corrected chi connectivity index (χ1v) is 7.55. The summed E-state index contributed by atoms with van der Waals surface area (Å²) in [5.41, 5.74) is 6.64. The molecule has 1 aliphatic heterocycles. The van der Waals surface area contributed by atoms with Crippen LogP contribution in [0.4, 0.5) is 4.79 Å². The van der Waals surface area contributed by atoms with Gasteiger partial charge in [0.25, 0.3) is 0 Å². The molecule has 1 aliphatic rings. The summed E-state index contributed by atoms with van der Waals surface area (Å²) in [6.45, 7) is 4.52. The van der Waals surface area contributed by atoms with Crippen LogP contribution in [0.25, 0.3) is 0 Å². The molecule has 1 fully saturated rings. The molecule has 2 atom stereocenters. The fourth-order valence-corrected chi connectivity index (χ4v) is 3.27. The third-order valence-corrected chi connectivity index (χ3v) is 4.43. The predicted octanol–water partition coefficient (Wildman–Crippen LogP) is 3.29. The highest BCUT2D eigenvalue weighted by Crippen LogP contribution is 2.35. The van der Waals surface area contributed by atoms with Gasteiger partial charge in [-0.15, -0.1) is 0 Å². The number of aromatic nitrogens is 1. The zero-order chi connectivity index (χ0) is 15.6. The molecule has 1 aromatic heterocycles. The van der Waals surface area contributed by atoms with E-state index in [-0.39, 0.29) is 11.6 Å². The van der Waals surface area contributed by atoms with E-state index in [0.29, 0.717) is 17.5 Å². The maximum atomic E-state index is 11.2. The van der Waals surface area contributed by atoms with Gasteiger partial charge in [-0.2, -0.15) is 0 Å². The molecule has 0 bridgehead atoms. The fraction of sp³-hybridized carbons (Fsp3) is 0.600. The number of carboxylic acid groups (broad SMARTS) is 1. The molecule has 0 aliphatic carbocycles. The maximum Gasteiger partial charge on any atom is 0.407 e. The van der Waals surface area contributed by atoms with Crippen LogP contribution in [-0.2, 0) is 0 Å².